The molecule has 0 aliphatic carbocycles. The Hall–Kier alpha value is -6.68. The van der Waals surface area contributed by atoms with Crippen LogP contribution in [0.3, 0.4) is 0 Å². The molecule has 248 valence electrons. The summed E-state index contributed by atoms with van der Waals surface area (Å²) in [6, 6.07) is 67.9. The van der Waals surface area contributed by atoms with Crippen LogP contribution in [0.1, 0.15) is 0 Å². The van der Waals surface area contributed by atoms with Crippen LogP contribution in [-0.4, -0.2) is 0 Å². The number of benzene rings is 9. The Kier molecular flexibility index (Phi) is 6.76. The maximum atomic E-state index is 6.84. The zero-order valence-corrected chi connectivity index (χ0v) is 29.5. The van der Waals surface area contributed by atoms with Gasteiger partial charge in [-0.3, -0.25) is 0 Å². The Morgan fingerprint density at radius 3 is 1.83 bits per heavy atom. The van der Waals surface area contributed by atoms with E-state index in [0.717, 1.165) is 39.0 Å². The van der Waals surface area contributed by atoms with E-state index in [1.807, 2.05) is 11.3 Å². The lowest BCUT2D eigenvalue weighted by Gasteiger charge is -2.26. The van der Waals surface area contributed by atoms with E-state index in [1.54, 1.807) is 0 Å². The van der Waals surface area contributed by atoms with Gasteiger partial charge in [-0.1, -0.05) is 127 Å². The lowest BCUT2D eigenvalue weighted by molar-refractivity contribution is 0.669. The van der Waals surface area contributed by atoms with Crippen LogP contribution in [0.4, 0.5) is 17.1 Å². The van der Waals surface area contributed by atoms with Crippen LogP contribution in [0.5, 0.6) is 0 Å². The highest BCUT2D eigenvalue weighted by Crippen LogP contribution is 2.45. The minimum Gasteiger partial charge on any atom is -0.456 e. The van der Waals surface area contributed by atoms with Gasteiger partial charge in [0, 0.05) is 54.1 Å². The topological polar surface area (TPSA) is 16.4 Å². The fourth-order valence-electron chi connectivity index (χ4n) is 8.10. The zero-order valence-electron chi connectivity index (χ0n) is 28.7. The van der Waals surface area contributed by atoms with Crippen LogP contribution >= 0.6 is 11.3 Å². The highest BCUT2D eigenvalue weighted by atomic mass is 32.1. The number of hydrogen-bond acceptors (Lipinski definition) is 3. The van der Waals surface area contributed by atoms with Gasteiger partial charge < -0.3 is 9.32 Å². The molecule has 0 saturated heterocycles. The number of hydrogen-bond donors (Lipinski definition) is 0. The summed E-state index contributed by atoms with van der Waals surface area (Å²) >= 11 is 1.84. The predicted molar refractivity (Wildman–Crippen MR) is 227 cm³/mol. The molecule has 0 N–H and O–H groups in total. The van der Waals surface area contributed by atoms with E-state index in [1.165, 1.54) is 64.0 Å². The van der Waals surface area contributed by atoms with Crippen LogP contribution in [0.2, 0.25) is 0 Å². The summed E-state index contributed by atoms with van der Waals surface area (Å²) in [5.41, 5.74) is 9.76. The molecule has 0 amide bonds. The van der Waals surface area contributed by atoms with Gasteiger partial charge in [-0.05, 0) is 98.4 Å². The molecule has 11 aromatic rings. The fraction of sp³-hybridized carbons (Fsp3) is 0. The third kappa shape index (κ3) is 4.93. The van der Waals surface area contributed by atoms with Crippen molar-refractivity contribution in [3.05, 3.63) is 188 Å². The first-order chi connectivity index (χ1) is 26.2. The summed E-state index contributed by atoms with van der Waals surface area (Å²) in [5.74, 6) is 0. The van der Waals surface area contributed by atoms with Crippen molar-refractivity contribution in [2.75, 3.05) is 4.90 Å². The molecule has 0 saturated carbocycles. The number of thiophene rings is 1. The molecule has 0 spiro atoms. The molecular formula is C50H31NOS. The van der Waals surface area contributed by atoms with Gasteiger partial charge >= 0.3 is 0 Å². The average Bonchev–Trinajstić information content (AvgIpc) is 3.79. The molecule has 0 bridgehead atoms. The quantitative estimate of drug-likeness (QED) is 0.178. The van der Waals surface area contributed by atoms with Crippen LogP contribution in [0.25, 0.3) is 85.9 Å². The van der Waals surface area contributed by atoms with Crippen molar-refractivity contribution >= 4 is 92.1 Å². The van der Waals surface area contributed by atoms with Gasteiger partial charge in [0.1, 0.15) is 11.2 Å². The van der Waals surface area contributed by atoms with Crippen molar-refractivity contribution < 1.29 is 4.42 Å². The smallest absolute Gasteiger partial charge is 0.137 e. The Balaban J connectivity index is 1.09. The Bertz CT molecular complexity index is 3170. The summed E-state index contributed by atoms with van der Waals surface area (Å²) < 4.78 is 9.41. The average molecular weight is 694 g/mol. The van der Waals surface area contributed by atoms with Crippen molar-refractivity contribution in [1.82, 2.24) is 0 Å². The number of rotatable bonds is 5. The highest BCUT2D eigenvalue weighted by molar-refractivity contribution is 7.25. The highest BCUT2D eigenvalue weighted by Gasteiger charge is 2.19. The van der Waals surface area contributed by atoms with Crippen molar-refractivity contribution in [2.24, 2.45) is 0 Å². The molecule has 2 nitrogen and oxygen atoms in total. The minimum absolute atomic E-state index is 0.868. The molecule has 11 rings (SSSR count). The second kappa shape index (κ2) is 11.9. The Morgan fingerprint density at radius 2 is 0.981 bits per heavy atom. The molecule has 2 heterocycles. The molecule has 9 aromatic carbocycles. The normalized spacial score (nSPS) is 11.8. The maximum Gasteiger partial charge on any atom is 0.137 e. The lowest BCUT2D eigenvalue weighted by atomic mass is 9.93. The van der Waals surface area contributed by atoms with Gasteiger partial charge in [-0.2, -0.15) is 0 Å². The molecule has 0 aliphatic heterocycles. The number of anilines is 3. The molecular weight excluding hydrogens is 663 g/mol. The second-order valence-corrected chi connectivity index (χ2v) is 14.8. The molecule has 2 aromatic heterocycles. The fourth-order valence-corrected chi connectivity index (χ4v) is 9.24. The molecule has 3 heteroatoms. The van der Waals surface area contributed by atoms with E-state index < -0.39 is 0 Å². The molecule has 0 fully saturated rings. The van der Waals surface area contributed by atoms with E-state index in [2.05, 4.69) is 193 Å². The van der Waals surface area contributed by atoms with Crippen LogP contribution in [0, 0.1) is 0 Å². The number of fused-ring (bicyclic) bond motifs is 9. The largest absolute Gasteiger partial charge is 0.456 e. The van der Waals surface area contributed by atoms with Gasteiger partial charge in [-0.25, -0.2) is 0 Å². The van der Waals surface area contributed by atoms with Gasteiger partial charge in [0.15, 0.2) is 0 Å². The summed E-state index contributed by atoms with van der Waals surface area (Å²) in [4.78, 5) is 2.35. The molecule has 0 unspecified atom stereocenters. The van der Waals surface area contributed by atoms with Gasteiger partial charge in [0.05, 0.1) is 0 Å². The number of nitrogens with zero attached hydrogens (tertiary/aromatic N) is 1. The van der Waals surface area contributed by atoms with Crippen molar-refractivity contribution in [2.45, 2.75) is 0 Å². The lowest BCUT2D eigenvalue weighted by Crippen LogP contribution is -2.09. The van der Waals surface area contributed by atoms with Crippen LogP contribution in [0.15, 0.2) is 192 Å². The summed E-state index contributed by atoms with van der Waals surface area (Å²) in [7, 11) is 0. The first-order valence-corrected chi connectivity index (χ1v) is 18.8. The van der Waals surface area contributed by atoms with E-state index in [0.29, 0.717) is 0 Å². The molecule has 0 atom stereocenters. The SMILES string of the molecule is c1ccc(-c2ccc(N(c3ccc4c(c3)oc3cc(-c5ccc6ccccc6c5)c5ccccc5c34)c3ccc4c(c3)sc3ccccc34)cc2)cc1. The third-order valence-corrected chi connectivity index (χ3v) is 11.8. The second-order valence-electron chi connectivity index (χ2n) is 13.7. The van der Waals surface area contributed by atoms with E-state index in [4.69, 9.17) is 4.42 Å². The van der Waals surface area contributed by atoms with Gasteiger partial charge in [0.25, 0.3) is 0 Å². The summed E-state index contributed by atoms with van der Waals surface area (Å²) in [5, 5.41) is 9.74. The minimum atomic E-state index is 0.868. The summed E-state index contributed by atoms with van der Waals surface area (Å²) in [6.45, 7) is 0. The third-order valence-electron chi connectivity index (χ3n) is 10.6. The van der Waals surface area contributed by atoms with Crippen LogP contribution < -0.4 is 4.90 Å². The standard InChI is InChI=1S/C50H31NOS/c1-2-10-32(11-3-1)34-20-22-37(23-21-34)51(39-24-26-42-41-15-8-9-17-48(41)53-49(42)30-39)38-25-27-44-46(29-38)52-47-31-45(40-14-6-7-16-43(40)50(44)47)36-19-18-33-12-4-5-13-35(33)28-36/h1-31H. The van der Waals surface area contributed by atoms with Gasteiger partial charge in [-0.15, -0.1) is 11.3 Å². The monoisotopic (exact) mass is 693 g/mol. The van der Waals surface area contributed by atoms with Crippen molar-refractivity contribution in [3.63, 3.8) is 0 Å². The maximum absolute atomic E-state index is 6.84. The zero-order chi connectivity index (χ0) is 34.9. The first-order valence-electron chi connectivity index (χ1n) is 18.0. The predicted octanol–water partition coefficient (Wildman–Crippen LogP) is 15.1. The van der Waals surface area contributed by atoms with Crippen LogP contribution in [-0.2, 0) is 0 Å². The summed E-state index contributed by atoms with van der Waals surface area (Å²) in [6.07, 6.45) is 0. The molecule has 53 heavy (non-hydrogen) atoms. The first kappa shape index (κ1) is 30.0. The van der Waals surface area contributed by atoms with E-state index in [-0.39, 0.29) is 0 Å². The van der Waals surface area contributed by atoms with E-state index in [9.17, 15) is 0 Å². The Labute approximate surface area is 310 Å². The van der Waals surface area contributed by atoms with Gasteiger partial charge in [0.2, 0.25) is 0 Å². The number of furan rings is 1. The molecule has 0 radical (unpaired) electrons. The molecule has 0 aliphatic rings. The van der Waals surface area contributed by atoms with Crippen molar-refractivity contribution in [3.8, 4) is 22.3 Å². The van der Waals surface area contributed by atoms with Crippen molar-refractivity contribution in [1.29, 1.82) is 0 Å². The van der Waals surface area contributed by atoms with E-state index >= 15 is 0 Å². The Morgan fingerprint density at radius 1 is 0.358 bits per heavy atom.